The molecule has 1 atom stereocenters. The molecular weight excluding hydrogens is 386 g/mol. The Bertz CT molecular complexity index is 714. The number of nitrogens with zero attached hydrogens (tertiary/aromatic N) is 2. The molecule has 1 saturated heterocycles. The number of benzene rings is 1. The van der Waals surface area contributed by atoms with Gasteiger partial charge in [-0.1, -0.05) is 26.0 Å². The molecule has 154 valence electrons. The average molecular weight is 418 g/mol. The highest BCUT2D eigenvalue weighted by molar-refractivity contribution is 7.89. The molecule has 1 heterocycles. The van der Waals surface area contributed by atoms with Gasteiger partial charge in [0.1, 0.15) is 0 Å². The van der Waals surface area contributed by atoms with Crippen molar-refractivity contribution in [3.8, 4) is 0 Å². The van der Waals surface area contributed by atoms with Gasteiger partial charge in [-0.25, -0.2) is 8.42 Å². The number of carbonyl (C=O) groups is 1. The molecule has 2 N–H and O–H groups in total. The zero-order valence-electron chi connectivity index (χ0n) is 16.6. The summed E-state index contributed by atoms with van der Waals surface area (Å²) in [5, 5.41) is 0. The molecular formula is C19H32ClN3O3S. The van der Waals surface area contributed by atoms with E-state index < -0.39 is 10.0 Å². The topological polar surface area (TPSA) is 83.7 Å². The van der Waals surface area contributed by atoms with Gasteiger partial charge in [0.05, 0.1) is 4.90 Å². The smallest absolute Gasteiger partial charge is 0.243 e. The first-order valence-electron chi connectivity index (χ1n) is 9.25. The van der Waals surface area contributed by atoms with Crippen LogP contribution in [0.25, 0.3) is 0 Å². The standard InChI is InChI=1S/C19H31N3O3S.ClH/c1-14(2)16-5-7-18(8-6-16)26(24,25)22-11-9-17(10-12-22)19(23)21(4)15(3)13-20;/h5-8,14-15,17H,9-13,20H2,1-4H3;1H. The fourth-order valence-corrected chi connectivity index (χ4v) is 4.65. The van der Waals surface area contributed by atoms with Crippen molar-refractivity contribution in [2.45, 2.75) is 50.5 Å². The molecule has 0 bridgehead atoms. The molecule has 1 fully saturated rings. The van der Waals surface area contributed by atoms with Crippen molar-refractivity contribution in [3.63, 3.8) is 0 Å². The van der Waals surface area contributed by atoms with Crippen LogP contribution in [-0.2, 0) is 14.8 Å². The zero-order chi connectivity index (χ0) is 19.5. The van der Waals surface area contributed by atoms with Gasteiger partial charge in [0.25, 0.3) is 0 Å². The SMILES string of the molecule is CC(C)c1ccc(S(=O)(=O)N2CCC(C(=O)N(C)C(C)CN)CC2)cc1.Cl. The summed E-state index contributed by atoms with van der Waals surface area (Å²) in [4.78, 5) is 14.5. The van der Waals surface area contributed by atoms with Gasteiger partial charge < -0.3 is 10.6 Å². The minimum atomic E-state index is -3.51. The van der Waals surface area contributed by atoms with Crippen LogP contribution < -0.4 is 5.73 Å². The van der Waals surface area contributed by atoms with E-state index in [0.29, 0.717) is 43.3 Å². The number of piperidine rings is 1. The Morgan fingerprint density at radius 1 is 1.19 bits per heavy atom. The van der Waals surface area contributed by atoms with Gasteiger partial charge in [0.2, 0.25) is 15.9 Å². The molecule has 1 aliphatic rings. The summed E-state index contributed by atoms with van der Waals surface area (Å²) >= 11 is 0. The summed E-state index contributed by atoms with van der Waals surface area (Å²) < 4.78 is 27.2. The summed E-state index contributed by atoms with van der Waals surface area (Å²) in [5.74, 6) is 0.284. The molecule has 0 spiro atoms. The van der Waals surface area contributed by atoms with Crippen molar-refractivity contribution < 1.29 is 13.2 Å². The van der Waals surface area contributed by atoms with Crippen LogP contribution >= 0.6 is 12.4 Å². The molecule has 1 unspecified atom stereocenters. The molecule has 2 rings (SSSR count). The lowest BCUT2D eigenvalue weighted by molar-refractivity contribution is -0.137. The van der Waals surface area contributed by atoms with Crippen LogP contribution in [0.4, 0.5) is 0 Å². The van der Waals surface area contributed by atoms with E-state index in [9.17, 15) is 13.2 Å². The summed E-state index contributed by atoms with van der Waals surface area (Å²) in [6.45, 7) is 7.23. The maximum atomic E-state index is 12.8. The zero-order valence-corrected chi connectivity index (χ0v) is 18.2. The quantitative estimate of drug-likeness (QED) is 0.770. The fourth-order valence-electron chi connectivity index (χ4n) is 3.18. The van der Waals surface area contributed by atoms with Crippen LogP contribution in [0.15, 0.2) is 29.2 Å². The monoisotopic (exact) mass is 417 g/mol. The van der Waals surface area contributed by atoms with Gasteiger partial charge in [-0.05, 0) is 43.4 Å². The van der Waals surface area contributed by atoms with Gasteiger partial charge in [-0.15, -0.1) is 12.4 Å². The van der Waals surface area contributed by atoms with Crippen LogP contribution in [-0.4, -0.2) is 56.3 Å². The third-order valence-electron chi connectivity index (χ3n) is 5.34. The van der Waals surface area contributed by atoms with Gasteiger partial charge >= 0.3 is 0 Å². The minimum absolute atomic E-state index is 0. The summed E-state index contributed by atoms with van der Waals surface area (Å²) in [5.41, 5.74) is 6.75. The minimum Gasteiger partial charge on any atom is -0.342 e. The van der Waals surface area contributed by atoms with Crippen LogP contribution in [0, 0.1) is 5.92 Å². The molecule has 8 heteroatoms. The van der Waals surface area contributed by atoms with Crippen molar-refractivity contribution in [3.05, 3.63) is 29.8 Å². The fraction of sp³-hybridized carbons (Fsp3) is 0.632. The average Bonchev–Trinajstić information content (AvgIpc) is 2.66. The number of hydrogen-bond acceptors (Lipinski definition) is 4. The Balaban J connectivity index is 0.00000364. The molecule has 0 saturated carbocycles. The molecule has 1 aliphatic heterocycles. The second kappa shape index (κ2) is 9.87. The van der Waals surface area contributed by atoms with E-state index in [1.54, 1.807) is 24.1 Å². The van der Waals surface area contributed by atoms with Crippen molar-refractivity contribution >= 4 is 28.3 Å². The second-order valence-electron chi connectivity index (χ2n) is 7.44. The maximum absolute atomic E-state index is 12.8. The number of amides is 1. The van der Waals surface area contributed by atoms with E-state index in [1.807, 2.05) is 19.1 Å². The third kappa shape index (κ3) is 5.44. The highest BCUT2D eigenvalue weighted by Crippen LogP contribution is 2.26. The van der Waals surface area contributed by atoms with Gasteiger partial charge in [0, 0.05) is 38.6 Å². The van der Waals surface area contributed by atoms with Crippen LogP contribution in [0.1, 0.15) is 45.1 Å². The van der Waals surface area contributed by atoms with Crippen LogP contribution in [0.5, 0.6) is 0 Å². The Kier molecular flexibility index (Phi) is 8.73. The third-order valence-corrected chi connectivity index (χ3v) is 7.25. The van der Waals surface area contributed by atoms with E-state index in [4.69, 9.17) is 5.73 Å². The first-order chi connectivity index (χ1) is 12.2. The number of halogens is 1. The molecule has 0 aliphatic carbocycles. The molecule has 1 aromatic carbocycles. The Morgan fingerprint density at radius 2 is 1.70 bits per heavy atom. The first-order valence-corrected chi connectivity index (χ1v) is 10.7. The first kappa shape index (κ1) is 23.9. The largest absolute Gasteiger partial charge is 0.342 e. The van der Waals surface area contributed by atoms with Crippen LogP contribution in [0.3, 0.4) is 0 Å². The van der Waals surface area contributed by atoms with Gasteiger partial charge in [-0.2, -0.15) is 4.31 Å². The van der Waals surface area contributed by atoms with E-state index in [-0.39, 0.29) is 30.3 Å². The lowest BCUT2D eigenvalue weighted by Crippen LogP contribution is -2.47. The summed E-state index contributed by atoms with van der Waals surface area (Å²) in [7, 11) is -1.74. The van der Waals surface area contributed by atoms with E-state index in [1.165, 1.54) is 4.31 Å². The van der Waals surface area contributed by atoms with Crippen molar-refractivity contribution in [2.75, 3.05) is 26.7 Å². The normalized spacial score (nSPS) is 17.4. The maximum Gasteiger partial charge on any atom is 0.243 e. The lowest BCUT2D eigenvalue weighted by atomic mass is 9.96. The molecule has 0 aromatic heterocycles. The summed E-state index contributed by atoms with van der Waals surface area (Å²) in [6, 6.07) is 7.09. The molecule has 27 heavy (non-hydrogen) atoms. The number of likely N-dealkylation sites (N-methyl/N-ethyl adjacent to an activating group) is 1. The van der Waals surface area contributed by atoms with E-state index in [0.717, 1.165) is 5.56 Å². The van der Waals surface area contributed by atoms with Crippen molar-refractivity contribution in [2.24, 2.45) is 11.7 Å². The number of hydrogen-bond donors (Lipinski definition) is 1. The predicted molar refractivity (Wildman–Crippen MR) is 111 cm³/mol. The van der Waals surface area contributed by atoms with Crippen LogP contribution in [0.2, 0.25) is 0 Å². The highest BCUT2D eigenvalue weighted by atomic mass is 35.5. The molecule has 0 radical (unpaired) electrons. The van der Waals surface area contributed by atoms with Gasteiger partial charge in [0.15, 0.2) is 0 Å². The van der Waals surface area contributed by atoms with E-state index in [2.05, 4.69) is 13.8 Å². The Morgan fingerprint density at radius 3 is 2.15 bits per heavy atom. The Labute approximate surface area is 169 Å². The molecule has 1 aromatic rings. The van der Waals surface area contributed by atoms with Gasteiger partial charge in [-0.3, -0.25) is 4.79 Å². The number of nitrogens with two attached hydrogens (primary N) is 1. The highest BCUT2D eigenvalue weighted by Gasteiger charge is 2.33. The van der Waals surface area contributed by atoms with Crippen molar-refractivity contribution in [1.82, 2.24) is 9.21 Å². The van der Waals surface area contributed by atoms with E-state index >= 15 is 0 Å². The molecule has 6 nitrogen and oxygen atoms in total. The van der Waals surface area contributed by atoms with Crippen molar-refractivity contribution in [1.29, 1.82) is 0 Å². The predicted octanol–water partition coefficient (Wildman–Crippen LogP) is 2.44. The lowest BCUT2D eigenvalue weighted by Gasteiger charge is -2.34. The number of sulfonamides is 1. The number of carbonyl (C=O) groups excluding carboxylic acids is 1. The summed E-state index contributed by atoms with van der Waals surface area (Å²) in [6.07, 6.45) is 1.09. The number of rotatable bonds is 6. The Hall–Kier alpha value is -1.15. The second-order valence-corrected chi connectivity index (χ2v) is 9.37. The molecule has 1 amide bonds.